The van der Waals surface area contributed by atoms with Gasteiger partial charge in [-0.2, -0.15) is 0 Å². The van der Waals surface area contributed by atoms with Gasteiger partial charge in [-0.3, -0.25) is 9.59 Å². The lowest BCUT2D eigenvalue weighted by Gasteiger charge is -2.37. The lowest BCUT2D eigenvalue weighted by atomic mass is 9.91. The number of hydrogen-bond acceptors (Lipinski definition) is 8. The fourth-order valence-corrected chi connectivity index (χ4v) is 5.29. The first kappa shape index (κ1) is 29.0. The van der Waals surface area contributed by atoms with E-state index in [0.717, 1.165) is 37.4 Å². The molecule has 1 saturated heterocycles. The van der Waals surface area contributed by atoms with E-state index >= 15 is 0 Å². The zero-order chi connectivity index (χ0) is 27.6. The minimum Gasteiger partial charge on any atom is -0.481 e. The topological polar surface area (TPSA) is 117 Å². The number of amides is 1. The van der Waals surface area contributed by atoms with Crippen molar-refractivity contribution in [2.75, 3.05) is 64.1 Å². The molecule has 2 N–H and O–H groups in total. The number of aryl methyl sites for hydroxylation is 1. The third-order valence-corrected chi connectivity index (χ3v) is 7.58. The average Bonchev–Trinajstić information content (AvgIpc) is 3.33. The monoisotopic (exact) mass is 559 g/mol. The van der Waals surface area contributed by atoms with E-state index in [2.05, 4.69) is 27.1 Å². The fourth-order valence-electron chi connectivity index (χ4n) is 5.13. The number of ether oxygens (including phenoxy) is 2. The second-order valence-corrected chi connectivity index (χ2v) is 10.4. The molecule has 1 aromatic rings. The maximum Gasteiger partial charge on any atom is 0.305 e. The Bertz CT molecular complexity index is 1100. The van der Waals surface area contributed by atoms with Crippen molar-refractivity contribution in [2.45, 2.75) is 38.5 Å². The number of allylic oxidation sites excluding steroid dienone is 4. The largest absolute Gasteiger partial charge is 0.481 e. The van der Waals surface area contributed by atoms with Crippen LogP contribution in [0.25, 0.3) is 0 Å². The van der Waals surface area contributed by atoms with Crippen molar-refractivity contribution >= 4 is 29.3 Å². The number of nitrogens with zero attached hydrogens (tertiary/aromatic N) is 4. The highest BCUT2D eigenvalue weighted by atomic mass is 35.5. The van der Waals surface area contributed by atoms with Gasteiger partial charge in [0.2, 0.25) is 0 Å². The third kappa shape index (κ3) is 8.03. The molecule has 2 heterocycles. The number of rotatable bonds is 13. The van der Waals surface area contributed by atoms with Gasteiger partial charge in [-0.1, -0.05) is 30.7 Å². The molecule has 0 aromatic carbocycles. The molecule has 2 atom stereocenters. The number of anilines is 1. The molecule has 39 heavy (non-hydrogen) atoms. The molecule has 212 valence electrons. The molecule has 10 nitrogen and oxygen atoms in total. The smallest absolute Gasteiger partial charge is 0.305 e. The average molecular weight is 560 g/mol. The van der Waals surface area contributed by atoms with Crippen molar-refractivity contribution in [3.05, 3.63) is 52.6 Å². The number of piperazine rings is 1. The van der Waals surface area contributed by atoms with E-state index in [9.17, 15) is 9.59 Å². The lowest BCUT2D eigenvalue weighted by molar-refractivity contribution is -0.138. The summed E-state index contributed by atoms with van der Waals surface area (Å²) >= 11 is 6.13. The first-order valence-corrected chi connectivity index (χ1v) is 14.0. The minimum atomic E-state index is -0.881. The van der Waals surface area contributed by atoms with Gasteiger partial charge in [-0.15, -0.1) is 0 Å². The van der Waals surface area contributed by atoms with Crippen LogP contribution in [0.5, 0.6) is 0 Å². The Kier molecular flexibility index (Phi) is 10.8. The van der Waals surface area contributed by atoms with Crippen molar-refractivity contribution < 1.29 is 24.2 Å². The van der Waals surface area contributed by atoms with Crippen LogP contribution < -0.4 is 10.2 Å². The van der Waals surface area contributed by atoms with Crippen LogP contribution in [0.2, 0.25) is 0 Å². The number of aliphatic carboxylic acids is 1. The van der Waals surface area contributed by atoms with E-state index in [0.29, 0.717) is 62.4 Å². The van der Waals surface area contributed by atoms with Gasteiger partial charge in [-0.25, -0.2) is 9.97 Å². The number of hydrogen-bond donors (Lipinski definition) is 2. The first-order valence-electron chi connectivity index (χ1n) is 13.7. The van der Waals surface area contributed by atoms with Crippen LogP contribution in [-0.4, -0.2) is 91.0 Å². The molecule has 0 saturated carbocycles. The highest BCUT2D eigenvalue weighted by Crippen LogP contribution is 2.37. The van der Waals surface area contributed by atoms with Gasteiger partial charge < -0.3 is 29.7 Å². The Morgan fingerprint density at radius 2 is 1.92 bits per heavy atom. The standard InChI is InChI=1S/C28H38ClN5O5/c1-20-2-7-24-26(20)27(32-19-31-24)33-10-12-34(13-11-33)28(37)23(21-3-5-22(29)6-4-21)18-30-9-15-39-17-16-38-14-8-25(35)36/h3,5-6,18-21,30H,2,4,7-17H2,1H3,(H,35,36)/b23-18-/t20?,21-/m0/s1. The molecule has 4 rings (SSSR count). The van der Waals surface area contributed by atoms with Crippen LogP contribution in [0.3, 0.4) is 0 Å². The predicted octanol–water partition coefficient (Wildman–Crippen LogP) is 2.86. The fraction of sp³-hybridized carbons (Fsp3) is 0.571. The normalized spacial score (nSPS) is 21.1. The number of carboxylic acids is 1. The number of nitrogens with one attached hydrogen (secondary N) is 1. The molecule has 11 heteroatoms. The second-order valence-electron chi connectivity index (χ2n) is 9.99. The van der Waals surface area contributed by atoms with Gasteiger partial charge in [0.1, 0.15) is 12.1 Å². The SMILES string of the molecule is CC1CCc2ncnc(N3CCN(C(=O)/C(=C\NCCOCCOCCC(=O)O)[C@H]4C=CC(Cl)=CC4)CC3)c21. The summed E-state index contributed by atoms with van der Waals surface area (Å²) in [5.41, 5.74) is 3.13. The van der Waals surface area contributed by atoms with E-state index in [1.54, 1.807) is 6.33 Å². The molecule has 1 unspecified atom stereocenters. The van der Waals surface area contributed by atoms with E-state index in [4.69, 9.17) is 26.2 Å². The van der Waals surface area contributed by atoms with Crippen LogP contribution in [0.4, 0.5) is 5.82 Å². The molecule has 2 aliphatic carbocycles. The molecule has 0 bridgehead atoms. The maximum absolute atomic E-state index is 13.7. The van der Waals surface area contributed by atoms with Crippen molar-refractivity contribution in [2.24, 2.45) is 5.92 Å². The number of aromatic nitrogens is 2. The molecule has 1 aromatic heterocycles. The summed E-state index contributed by atoms with van der Waals surface area (Å²) in [5, 5.41) is 12.5. The van der Waals surface area contributed by atoms with Crippen molar-refractivity contribution in [3.8, 4) is 0 Å². The van der Waals surface area contributed by atoms with Crippen molar-refractivity contribution in [1.82, 2.24) is 20.2 Å². The quantitative estimate of drug-likeness (QED) is 0.278. The Labute approximate surface area is 234 Å². The van der Waals surface area contributed by atoms with Crippen LogP contribution >= 0.6 is 11.6 Å². The zero-order valence-corrected chi connectivity index (χ0v) is 23.2. The summed E-state index contributed by atoms with van der Waals surface area (Å²) in [5.74, 6) is 0.574. The molecule has 1 fully saturated rings. The molecule has 3 aliphatic rings. The number of carboxylic acid groups (broad SMARTS) is 1. The Balaban J connectivity index is 1.29. The van der Waals surface area contributed by atoms with Crippen molar-refractivity contribution in [1.29, 1.82) is 0 Å². The minimum absolute atomic E-state index is 0.0178. The first-order chi connectivity index (χ1) is 18.9. The summed E-state index contributed by atoms with van der Waals surface area (Å²) in [4.78, 5) is 37.5. The summed E-state index contributed by atoms with van der Waals surface area (Å²) < 4.78 is 10.8. The molecule has 0 spiro atoms. The number of fused-ring (bicyclic) bond motifs is 1. The van der Waals surface area contributed by atoms with E-state index < -0.39 is 5.97 Å². The zero-order valence-electron chi connectivity index (χ0n) is 22.5. The highest BCUT2D eigenvalue weighted by molar-refractivity contribution is 6.31. The molecule has 0 radical (unpaired) electrons. The van der Waals surface area contributed by atoms with Crippen LogP contribution in [0, 0.1) is 5.92 Å². The Morgan fingerprint density at radius 3 is 2.64 bits per heavy atom. The maximum atomic E-state index is 13.7. The Morgan fingerprint density at radius 1 is 1.15 bits per heavy atom. The van der Waals surface area contributed by atoms with Crippen LogP contribution in [0.1, 0.15) is 43.4 Å². The summed E-state index contributed by atoms with van der Waals surface area (Å²) in [6.07, 6.45) is 12.0. The summed E-state index contributed by atoms with van der Waals surface area (Å²) in [7, 11) is 0. The highest BCUT2D eigenvalue weighted by Gasteiger charge is 2.31. The van der Waals surface area contributed by atoms with Gasteiger partial charge >= 0.3 is 5.97 Å². The van der Waals surface area contributed by atoms with Crippen LogP contribution in [-0.2, 0) is 25.5 Å². The molecular formula is C28H38ClN5O5. The number of halogens is 1. The third-order valence-electron chi connectivity index (χ3n) is 7.30. The lowest BCUT2D eigenvalue weighted by Crippen LogP contribution is -2.50. The van der Waals surface area contributed by atoms with Gasteiger partial charge in [-0.05, 0) is 31.3 Å². The van der Waals surface area contributed by atoms with Crippen molar-refractivity contribution in [3.63, 3.8) is 0 Å². The molecular weight excluding hydrogens is 522 g/mol. The van der Waals surface area contributed by atoms with Gasteiger partial charge in [0.15, 0.2) is 0 Å². The predicted molar refractivity (Wildman–Crippen MR) is 149 cm³/mol. The number of carbonyl (C=O) groups is 2. The van der Waals surface area contributed by atoms with E-state index in [1.807, 2.05) is 29.3 Å². The number of carbonyl (C=O) groups excluding carboxylic acids is 1. The van der Waals surface area contributed by atoms with Gasteiger partial charge in [0, 0.05) is 66.7 Å². The van der Waals surface area contributed by atoms with Gasteiger partial charge in [0.05, 0.1) is 32.8 Å². The molecule has 1 aliphatic heterocycles. The van der Waals surface area contributed by atoms with E-state index in [1.165, 1.54) is 5.56 Å². The second kappa shape index (κ2) is 14.4. The Hall–Kier alpha value is -2.95. The summed E-state index contributed by atoms with van der Waals surface area (Å²) in [6, 6.07) is 0. The van der Waals surface area contributed by atoms with Crippen LogP contribution in [0.15, 0.2) is 41.4 Å². The summed E-state index contributed by atoms with van der Waals surface area (Å²) in [6.45, 7) is 6.82. The van der Waals surface area contributed by atoms with E-state index in [-0.39, 0.29) is 24.9 Å². The molecule has 1 amide bonds. The van der Waals surface area contributed by atoms with Gasteiger partial charge in [0.25, 0.3) is 5.91 Å².